The van der Waals surface area contributed by atoms with Crippen molar-refractivity contribution in [3.8, 4) is 0 Å². The van der Waals surface area contributed by atoms with Gasteiger partial charge in [0.15, 0.2) is 0 Å². The van der Waals surface area contributed by atoms with E-state index < -0.39 is 0 Å². The minimum Gasteiger partial charge on any atom is -0.157 e. The Kier molecular flexibility index (Phi) is 2.97. The fourth-order valence-corrected chi connectivity index (χ4v) is 1.55. The van der Waals surface area contributed by atoms with Crippen molar-refractivity contribution in [2.24, 2.45) is 0 Å². The van der Waals surface area contributed by atoms with E-state index in [0.717, 1.165) is 12.1 Å². The third-order valence-corrected chi connectivity index (χ3v) is 2.38. The molecule has 0 aliphatic heterocycles. The molecule has 0 bridgehead atoms. The van der Waals surface area contributed by atoms with Gasteiger partial charge in [0.05, 0.1) is 16.9 Å². The Morgan fingerprint density at radius 2 is 1.93 bits per heavy atom. The molecule has 0 aliphatic rings. The molecular formula is C12H11ClN2. The van der Waals surface area contributed by atoms with E-state index in [1.54, 1.807) is 6.20 Å². The predicted molar refractivity (Wildman–Crippen MR) is 61.0 cm³/mol. The van der Waals surface area contributed by atoms with Gasteiger partial charge in [0.1, 0.15) is 0 Å². The van der Waals surface area contributed by atoms with Gasteiger partial charge in [-0.15, -0.1) is 0 Å². The molecule has 0 spiro atoms. The van der Waals surface area contributed by atoms with Crippen LogP contribution >= 0.6 is 11.6 Å². The summed E-state index contributed by atoms with van der Waals surface area (Å²) in [6.07, 6.45) is 2.31. The van der Waals surface area contributed by atoms with Crippen LogP contribution in [0.3, 0.4) is 0 Å². The molecule has 3 heteroatoms. The molecule has 1 heterocycles. The second-order valence-electron chi connectivity index (χ2n) is 3.53. The molecule has 0 N–H and O–H groups in total. The number of aromatic nitrogens is 2. The summed E-state index contributed by atoms with van der Waals surface area (Å²) in [5.41, 5.74) is 3.37. The van der Waals surface area contributed by atoms with Gasteiger partial charge in [0, 0.05) is 6.42 Å². The van der Waals surface area contributed by atoms with E-state index in [9.17, 15) is 0 Å². The summed E-state index contributed by atoms with van der Waals surface area (Å²) < 4.78 is 0. The summed E-state index contributed by atoms with van der Waals surface area (Å²) in [7, 11) is 0. The largest absolute Gasteiger partial charge is 0.157 e. The zero-order valence-corrected chi connectivity index (χ0v) is 9.20. The maximum atomic E-state index is 5.83. The van der Waals surface area contributed by atoms with Gasteiger partial charge in [0.25, 0.3) is 0 Å². The van der Waals surface area contributed by atoms with Crippen LogP contribution in [0.2, 0.25) is 5.02 Å². The molecule has 0 radical (unpaired) electrons. The summed E-state index contributed by atoms with van der Waals surface area (Å²) in [5.74, 6) is 0. The van der Waals surface area contributed by atoms with Crippen LogP contribution in [0.4, 0.5) is 0 Å². The second-order valence-corrected chi connectivity index (χ2v) is 3.96. The monoisotopic (exact) mass is 218 g/mol. The normalized spacial score (nSPS) is 10.3. The average Bonchev–Trinajstić information content (AvgIpc) is 2.22. The van der Waals surface area contributed by atoms with Crippen LogP contribution in [-0.4, -0.2) is 10.2 Å². The first-order valence-electron chi connectivity index (χ1n) is 4.77. The number of benzene rings is 1. The highest BCUT2D eigenvalue weighted by Gasteiger charge is 1.99. The lowest BCUT2D eigenvalue weighted by Crippen LogP contribution is -1.94. The van der Waals surface area contributed by atoms with E-state index in [-0.39, 0.29) is 0 Å². The molecule has 2 nitrogen and oxygen atoms in total. The number of hydrogen-bond donors (Lipinski definition) is 0. The molecule has 0 saturated carbocycles. The van der Waals surface area contributed by atoms with Gasteiger partial charge in [-0.05, 0) is 18.6 Å². The highest BCUT2D eigenvalue weighted by Crippen LogP contribution is 2.11. The van der Waals surface area contributed by atoms with Crippen LogP contribution in [0.25, 0.3) is 0 Å². The Hall–Kier alpha value is -1.41. The fraction of sp³-hybridized carbons (Fsp3) is 0.167. The molecule has 1 aromatic heterocycles. The lowest BCUT2D eigenvalue weighted by molar-refractivity contribution is 0.937. The summed E-state index contributed by atoms with van der Waals surface area (Å²) in [6, 6.07) is 10.2. The van der Waals surface area contributed by atoms with E-state index in [2.05, 4.69) is 41.4 Å². The Morgan fingerprint density at radius 3 is 2.60 bits per heavy atom. The standard InChI is InChI=1S/C12H11ClN2/c1-9-2-4-10(5-3-9)6-12-7-11(13)8-14-15-12/h2-5,7-8H,6H2,1H3. The highest BCUT2D eigenvalue weighted by molar-refractivity contribution is 6.30. The maximum absolute atomic E-state index is 5.83. The Balaban J connectivity index is 2.18. The molecule has 2 aromatic rings. The van der Waals surface area contributed by atoms with Gasteiger partial charge in [-0.1, -0.05) is 41.4 Å². The number of aryl methyl sites for hydroxylation is 1. The lowest BCUT2D eigenvalue weighted by Gasteiger charge is -2.01. The quantitative estimate of drug-likeness (QED) is 0.775. The lowest BCUT2D eigenvalue weighted by atomic mass is 10.1. The smallest absolute Gasteiger partial charge is 0.0689 e. The molecule has 0 unspecified atom stereocenters. The SMILES string of the molecule is Cc1ccc(Cc2cc(Cl)cnn2)cc1. The highest BCUT2D eigenvalue weighted by atomic mass is 35.5. The van der Waals surface area contributed by atoms with Crippen molar-refractivity contribution in [2.75, 3.05) is 0 Å². The first kappa shape index (κ1) is 10.1. The van der Waals surface area contributed by atoms with E-state index >= 15 is 0 Å². The van der Waals surface area contributed by atoms with Crippen molar-refractivity contribution < 1.29 is 0 Å². The molecule has 2 rings (SSSR count). The van der Waals surface area contributed by atoms with Gasteiger partial charge in [-0.25, -0.2) is 0 Å². The van der Waals surface area contributed by atoms with Gasteiger partial charge in [-0.2, -0.15) is 10.2 Å². The zero-order chi connectivity index (χ0) is 10.7. The molecular weight excluding hydrogens is 208 g/mol. The molecule has 15 heavy (non-hydrogen) atoms. The second kappa shape index (κ2) is 4.41. The first-order valence-corrected chi connectivity index (χ1v) is 5.14. The fourth-order valence-electron chi connectivity index (χ4n) is 1.38. The number of nitrogens with zero attached hydrogens (tertiary/aromatic N) is 2. The first-order chi connectivity index (χ1) is 7.24. The zero-order valence-electron chi connectivity index (χ0n) is 8.44. The van der Waals surface area contributed by atoms with E-state index in [1.165, 1.54) is 11.1 Å². The average molecular weight is 219 g/mol. The molecule has 0 amide bonds. The molecule has 0 atom stereocenters. The summed E-state index contributed by atoms with van der Waals surface area (Å²) in [4.78, 5) is 0. The summed E-state index contributed by atoms with van der Waals surface area (Å²) in [6.45, 7) is 2.07. The van der Waals surface area contributed by atoms with Crippen molar-refractivity contribution in [3.63, 3.8) is 0 Å². The number of rotatable bonds is 2. The van der Waals surface area contributed by atoms with Crippen LogP contribution in [0.15, 0.2) is 36.5 Å². The van der Waals surface area contributed by atoms with E-state index in [0.29, 0.717) is 5.02 Å². The maximum Gasteiger partial charge on any atom is 0.0689 e. The van der Waals surface area contributed by atoms with Crippen molar-refractivity contribution in [1.29, 1.82) is 0 Å². The van der Waals surface area contributed by atoms with Gasteiger partial charge < -0.3 is 0 Å². The van der Waals surface area contributed by atoms with Crippen LogP contribution in [0.5, 0.6) is 0 Å². The van der Waals surface area contributed by atoms with Crippen LogP contribution in [-0.2, 0) is 6.42 Å². The molecule has 0 fully saturated rings. The van der Waals surface area contributed by atoms with E-state index in [1.807, 2.05) is 6.07 Å². The van der Waals surface area contributed by atoms with Crippen LogP contribution in [0.1, 0.15) is 16.8 Å². The molecule has 0 saturated heterocycles. The van der Waals surface area contributed by atoms with Gasteiger partial charge >= 0.3 is 0 Å². The summed E-state index contributed by atoms with van der Waals surface area (Å²) in [5, 5.41) is 8.47. The molecule has 1 aromatic carbocycles. The van der Waals surface area contributed by atoms with Gasteiger partial charge in [-0.3, -0.25) is 0 Å². The van der Waals surface area contributed by atoms with Gasteiger partial charge in [0.2, 0.25) is 0 Å². The third kappa shape index (κ3) is 2.77. The van der Waals surface area contributed by atoms with Crippen LogP contribution in [0, 0.1) is 6.92 Å². The van der Waals surface area contributed by atoms with Crippen molar-refractivity contribution in [3.05, 3.63) is 58.4 Å². The van der Waals surface area contributed by atoms with Crippen molar-refractivity contribution >= 4 is 11.6 Å². The van der Waals surface area contributed by atoms with E-state index in [4.69, 9.17) is 11.6 Å². The Labute approximate surface area is 93.9 Å². The third-order valence-electron chi connectivity index (χ3n) is 2.18. The molecule has 76 valence electrons. The minimum absolute atomic E-state index is 0.632. The number of halogens is 1. The topological polar surface area (TPSA) is 25.8 Å². The van der Waals surface area contributed by atoms with Crippen molar-refractivity contribution in [1.82, 2.24) is 10.2 Å². The minimum atomic E-state index is 0.632. The van der Waals surface area contributed by atoms with Crippen LogP contribution < -0.4 is 0 Å². The predicted octanol–water partition coefficient (Wildman–Crippen LogP) is 3.03. The Morgan fingerprint density at radius 1 is 1.20 bits per heavy atom. The number of hydrogen-bond acceptors (Lipinski definition) is 2. The molecule has 0 aliphatic carbocycles. The van der Waals surface area contributed by atoms with Crippen molar-refractivity contribution in [2.45, 2.75) is 13.3 Å². The summed E-state index contributed by atoms with van der Waals surface area (Å²) >= 11 is 5.83. The Bertz CT molecular complexity index is 451.